The lowest BCUT2D eigenvalue weighted by Crippen LogP contribution is -2.40. The van der Waals surface area contributed by atoms with Gasteiger partial charge in [-0.3, -0.25) is 0 Å². The van der Waals surface area contributed by atoms with Crippen LogP contribution in [0.2, 0.25) is 0 Å². The van der Waals surface area contributed by atoms with Crippen LogP contribution in [-0.2, 0) is 12.8 Å². The maximum Gasteiger partial charge on any atom is 0.488 e. The third-order valence-corrected chi connectivity index (χ3v) is 5.06. The van der Waals surface area contributed by atoms with Gasteiger partial charge in [0.1, 0.15) is 0 Å². The second-order valence-corrected chi connectivity index (χ2v) is 7.33. The number of hydrogen-bond donors (Lipinski definition) is 4. The van der Waals surface area contributed by atoms with Gasteiger partial charge in [-0.2, -0.15) is 0 Å². The molecule has 0 fully saturated rings. The average Bonchev–Trinajstić information content (AvgIpc) is 2.61. The van der Waals surface area contributed by atoms with E-state index in [2.05, 4.69) is 13.8 Å². The van der Waals surface area contributed by atoms with E-state index in [4.69, 9.17) is 0 Å². The van der Waals surface area contributed by atoms with Crippen molar-refractivity contribution in [2.75, 3.05) is 0 Å². The Morgan fingerprint density at radius 2 is 0.923 bits per heavy atom. The Labute approximate surface area is 160 Å². The van der Waals surface area contributed by atoms with Crippen LogP contribution < -0.4 is 10.9 Å². The second kappa shape index (κ2) is 13.4. The first-order valence-corrected chi connectivity index (χ1v) is 10.4. The summed E-state index contributed by atoms with van der Waals surface area (Å²) >= 11 is 0. The van der Waals surface area contributed by atoms with E-state index in [1.165, 1.54) is 38.5 Å². The molecule has 0 saturated carbocycles. The van der Waals surface area contributed by atoms with E-state index in [0.29, 0.717) is 10.9 Å². The largest absolute Gasteiger partial charge is 0.488 e. The van der Waals surface area contributed by atoms with Gasteiger partial charge in [-0.25, -0.2) is 0 Å². The summed E-state index contributed by atoms with van der Waals surface area (Å²) in [7, 11) is -3.05. The molecule has 146 valence electrons. The minimum absolute atomic E-state index is 0.508. The topological polar surface area (TPSA) is 80.9 Å². The van der Waals surface area contributed by atoms with Crippen molar-refractivity contribution in [3.05, 3.63) is 23.3 Å². The third-order valence-electron chi connectivity index (χ3n) is 5.06. The fourth-order valence-electron chi connectivity index (χ4n) is 3.48. The first-order chi connectivity index (χ1) is 12.5. The Bertz CT molecular complexity index is 461. The summed E-state index contributed by atoms with van der Waals surface area (Å²) in [5.74, 6) is 0. The molecule has 0 aromatic heterocycles. The summed E-state index contributed by atoms with van der Waals surface area (Å²) in [5.41, 5.74) is 2.64. The standard InChI is InChI=1S/C20H36B2O4/c1-3-5-7-9-11-13-17-15-20(22(25)26)18(16-19(17)21(23)24)14-12-10-8-6-4-2/h15-16,23-26H,3-14H2,1-2H3. The van der Waals surface area contributed by atoms with Crippen LogP contribution in [-0.4, -0.2) is 34.3 Å². The predicted octanol–water partition coefficient (Wildman–Crippen LogP) is 2.07. The van der Waals surface area contributed by atoms with E-state index in [-0.39, 0.29) is 0 Å². The van der Waals surface area contributed by atoms with Crippen molar-refractivity contribution < 1.29 is 20.1 Å². The zero-order valence-corrected chi connectivity index (χ0v) is 16.6. The van der Waals surface area contributed by atoms with E-state index in [0.717, 1.165) is 49.7 Å². The zero-order valence-electron chi connectivity index (χ0n) is 16.6. The van der Waals surface area contributed by atoms with E-state index in [1.807, 2.05) is 0 Å². The summed E-state index contributed by atoms with van der Waals surface area (Å²) < 4.78 is 0. The Morgan fingerprint density at radius 1 is 0.577 bits per heavy atom. The minimum Gasteiger partial charge on any atom is -0.423 e. The van der Waals surface area contributed by atoms with Crippen LogP contribution in [0.4, 0.5) is 0 Å². The molecule has 0 aliphatic heterocycles. The minimum atomic E-state index is -1.52. The molecular weight excluding hydrogens is 326 g/mol. The quantitative estimate of drug-likeness (QED) is 0.302. The lowest BCUT2D eigenvalue weighted by molar-refractivity contribution is 0.422. The highest BCUT2D eigenvalue weighted by molar-refractivity contribution is 6.61. The smallest absolute Gasteiger partial charge is 0.423 e. The summed E-state index contributed by atoms with van der Waals surface area (Å²) in [6.07, 6.45) is 12.8. The van der Waals surface area contributed by atoms with Crippen LogP contribution in [0.15, 0.2) is 12.1 Å². The molecule has 0 unspecified atom stereocenters. The highest BCUT2D eigenvalue weighted by Gasteiger charge is 2.23. The number of unbranched alkanes of at least 4 members (excludes halogenated alkanes) is 8. The monoisotopic (exact) mass is 362 g/mol. The van der Waals surface area contributed by atoms with Gasteiger partial charge in [0.2, 0.25) is 0 Å². The molecule has 0 aliphatic carbocycles. The fraction of sp³-hybridized carbons (Fsp3) is 0.700. The molecule has 4 nitrogen and oxygen atoms in total. The van der Waals surface area contributed by atoms with Gasteiger partial charge in [-0.05, 0) is 47.7 Å². The highest BCUT2D eigenvalue weighted by Crippen LogP contribution is 2.12. The number of aryl methyl sites for hydroxylation is 2. The molecule has 6 heteroatoms. The SMILES string of the molecule is CCCCCCCc1cc(B(O)O)c(CCCCCCC)cc1B(O)O. The summed E-state index contributed by atoms with van der Waals surface area (Å²) in [4.78, 5) is 0. The molecule has 1 rings (SSSR count). The molecule has 4 N–H and O–H groups in total. The number of rotatable bonds is 14. The summed E-state index contributed by atoms with van der Waals surface area (Å²) in [5, 5.41) is 39.1. The van der Waals surface area contributed by atoms with Crippen LogP contribution in [0.3, 0.4) is 0 Å². The van der Waals surface area contributed by atoms with Crippen LogP contribution in [0.1, 0.15) is 89.2 Å². The van der Waals surface area contributed by atoms with Crippen LogP contribution >= 0.6 is 0 Å². The summed E-state index contributed by atoms with van der Waals surface area (Å²) in [6.45, 7) is 4.35. The second-order valence-electron chi connectivity index (χ2n) is 7.33. The molecule has 0 atom stereocenters. The molecule has 0 spiro atoms. The normalized spacial score (nSPS) is 11.0. The fourth-order valence-corrected chi connectivity index (χ4v) is 3.48. The van der Waals surface area contributed by atoms with Crippen LogP contribution in [0.5, 0.6) is 0 Å². The van der Waals surface area contributed by atoms with Gasteiger partial charge < -0.3 is 20.1 Å². The van der Waals surface area contributed by atoms with Crippen molar-refractivity contribution in [1.82, 2.24) is 0 Å². The van der Waals surface area contributed by atoms with E-state index >= 15 is 0 Å². The first-order valence-electron chi connectivity index (χ1n) is 10.4. The maximum atomic E-state index is 9.77. The van der Waals surface area contributed by atoms with Crippen molar-refractivity contribution in [2.45, 2.75) is 90.9 Å². The Kier molecular flexibility index (Phi) is 11.9. The Hall–Kier alpha value is -0.810. The molecule has 1 aromatic rings. The van der Waals surface area contributed by atoms with Gasteiger partial charge in [0.05, 0.1) is 0 Å². The van der Waals surface area contributed by atoms with Crippen molar-refractivity contribution in [2.24, 2.45) is 0 Å². The molecule has 1 aromatic carbocycles. The molecule has 26 heavy (non-hydrogen) atoms. The maximum absolute atomic E-state index is 9.77. The molecular formula is C20H36B2O4. The van der Waals surface area contributed by atoms with Gasteiger partial charge in [0, 0.05) is 0 Å². The average molecular weight is 362 g/mol. The Morgan fingerprint density at radius 3 is 1.23 bits per heavy atom. The van der Waals surface area contributed by atoms with Crippen LogP contribution in [0.25, 0.3) is 0 Å². The predicted molar refractivity (Wildman–Crippen MR) is 111 cm³/mol. The van der Waals surface area contributed by atoms with E-state index in [9.17, 15) is 20.1 Å². The van der Waals surface area contributed by atoms with E-state index in [1.54, 1.807) is 12.1 Å². The summed E-state index contributed by atoms with van der Waals surface area (Å²) in [6, 6.07) is 3.53. The van der Waals surface area contributed by atoms with Crippen molar-refractivity contribution >= 4 is 25.2 Å². The lowest BCUT2D eigenvalue weighted by atomic mass is 9.68. The molecule has 0 amide bonds. The van der Waals surface area contributed by atoms with Gasteiger partial charge in [0.15, 0.2) is 0 Å². The zero-order chi connectivity index (χ0) is 19.4. The van der Waals surface area contributed by atoms with Gasteiger partial charge in [0.25, 0.3) is 0 Å². The molecule has 0 radical (unpaired) electrons. The lowest BCUT2D eigenvalue weighted by Gasteiger charge is -2.16. The van der Waals surface area contributed by atoms with Crippen LogP contribution in [0, 0.1) is 0 Å². The third kappa shape index (κ3) is 8.26. The highest BCUT2D eigenvalue weighted by atomic mass is 16.4. The van der Waals surface area contributed by atoms with Crippen molar-refractivity contribution in [3.8, 4) is 0 Å². The van der Waals surface area contributed by atoms with Gasteiger partial charge in [-0.15, -0.1) is 0 Å². The molecule has 0 saturated heterocycles. The molecule has 0 heterocycles. The van der Waals surface area contributed by atoms with Gasteiger partial charge in [-0.1, -0.05) is 77.3 Å². The number of benzene rings is 1. The first kappa shape index (κ1) is 23.2. The molecule has 0 bridgehead atoms. The molecule has 0 aliphatic rings. The van der Waals surface area contributed by atoms with E-state index < -0.39 is 14.2 Å². The van der Waals surface area contributed by atoms with Crippen molar-refractivity contribution in [1.29, 1.82) is 0 Å². The Balaban J connectivity index is 2.84. The van der Waals surface area contributed by atoms with Gasteiger partial charge >= 0.3 is 14.2 Å². The number of hydrogen-bond acceptors (Lipinski definition) is 4. The van der Waals surface area contributed by atoms with Crippen molar-refractivity contribution in [3.63, 3.8) is 0 Å².